The first-order chi connectivity index (χ1) is 17.9. The van der Waals surface area contributed by atoms with Crippen LogP contribution in [0.3, 0.4) is 0 Å². The van der Waals surface area contributed by atoms with Crippen molar-refractivity contribution in [1.82, 2.24) is 10.2 Å². The Hall–Kier alpha value is -3.82. The lowest BCUT2D eigenvalue weighted by Crippen LogP contribution is -2.52. The SMILES string of the molecule is CC[C@@H](C(=O)NC1CCCCC1)N(Cc1cccc(OC)c1)C(=O)COc1ccc([N+](=O)[O-])c(OC)c1. The van der Waals surface area contributed by atoms with Crippen molar-refractivity contribution < 1.29 is 28.7 Å². The minimum Gasteiger partial charge on any atom is -0.497 e. The molecule has 1 saturated carbocycles. The highest BCUT2D eigenvalue weighted by Gasteiger charge is 2.31. The molecule has 0 unspecified atom stereocenters. The zero-order valence-corrected chi connectivity index (χ0v) is 21.6. The van der Waals surface area contributed by atoms with E-state index in [-0.39, 0.29) is 48.2 Å². The fourth-order valence-corrected chi connectivity index (χ4v) is 4.56. The van der Waals surface area contributed by atoms with Gasteiger partial charge in [-0.2, -0.15) is 0 Å². The summed E-state index contributed by atoms with van der Waals surface area (Å²) in [6, 6.07) is 10.8. The van der Waals surface area contributed by atoms with E-state index < -0.39 is 11.0 Å². The lowest BCUT2D eigenvalue weighted by molar-refractivity contribution is -0.385. The molecule has 1 aliphatic carbocycles. The highest BCUT2D eigenvalue weighted by molar-refractivity contribution is 5.88. The number of methoxy groups -OCH3 is 2. The van der Waals surface area contributed by atoms with Crippen LogP contribution in [-0.4, -0.2) is 54.5 Å². The summed E-state index contributed by atoms with van der Waals surface area (Å²) in [7, 11) is 2.89. The van der Waals surface area contributed by atoms with Crippen LogP contribution in [0.4, 0.5) is 5.69 Å². The normalized spacial score (nSPS) is 14.4. The van der Waals surface area contributed by atoms with Gasteiger partial charge in [0.15, 0.2) is 6.61 Å². The highest BCUT2D eigenvalue weighted by Crippen LogP contribution is 2.31. The van der Waals surface area contributed by atoms with Gasteiger partial charge >= 0.3 is 5.69 Å². The van der Waals surface area contributed by atoms with Gasteiger partial charge in [-0.3, -0.25) is 19.7 Å². The van der Waals surface area contributed by atoms with Crippen LogP contribution in [0.2, 0.25) is 0 Å². The third-order valence-corrected chi connectivity index (χ3v) is 6.53. The molecule has 10 nitrogen and oxygen atoms in total. The van der Waals surface area contributed by atoms with Crippen LogP contribution in [0, 0.1) is 10.1 Å². The maximum absolute atomic E-state index is 13.5. The number of nitrogens with one attached hydrogen (secondary N) is 1. The number of amides is 2. The third-order valence-electron chi connectivity index (χ3n) is 6.53. The van der Waals surface area contributed by atoms with E-state index >= 15 is 0 Å². The van der Waals surface area contributed by atoms with Crippen molar-refractivity contribution in [2.75, 3.05) is 20.8 Å². The number of hydrogen-bond donors (Lipinski definition) is 1. The Balaban J connectivity index is 1.79. The number of benzene rings is 2. The molecule has 0 heterocycles. The van der Waals surface area contributed by atoms with E-state index in [0.29, 0.717) is 12.2 Å². The first-order valence-electron chi connectivity index (χ1n) is 12.5. The molecule has 37 heavy (non-hydrogen) atoms. The molecule has 0 spiro atoms. The Morgan fingerprint density at radius 3 is 2.49 bits per heavy atom. The van der Waals surface area contributed by atoms with Gasteiger partial charge in [-0.1, -0.05) is 38.3 Å². The second-order valence-corrected chi connectivity index (χ2v) is 9.02. The van der Waals surface area contributed by atoms with Crippen molar-refractivity contribution in [1.29, 1.82) is 0 Å². The summed E-state index contributed by atoms with van der Waals surface area (Å²) < 4.78 is 16.1. The summed E-state index contributed by atoms with van der Waals surface area (Å²) in [5.41, 5.74) is 0.611. The predicted octanol–water partition coefficient (Wildman–Crippen LogP) is 4.25. The summed E-state index contributed by atoms with van der Waals surface area (Å²) in [6.07, 6.45) is 5.66. The van der Waals surface area contributed by atoms with Crippen molar-refractivity contribution in [3.05, 3.63) is 58.1 Å². The average Bonchev–Trinajstić information content (AvgIpc) is 2.91. The molecule has 200 valence electrons. The van der Waals surface area contributed by atoms with Gasteiger partial charge in [-0.25, -0.2) is 0 Å². The van der Waals surface area contributed by atoms with E-state index in [1.165, 1.54) is 36.6 Å². The fourth-order valence-electron chi connectivity index (χ4n) is 4.56. The van der Waals surface area contributed by atoms with Gasteiger partial charge in [0.25, 0.3) is 5.91 Å². The quantitative estimate of drug-likeness (QED) is 0.333. The van der Waals surface area contributed by atoms with Gasteiger partial charge in [0, 0.05) is 24.7 Å². The van der Waals surface area contributed by atoms with Crippen LogP contribution < -0.4 is 19.5 Å². The van der Waals surface area contributed by atoms with E-state index in [2.05, 4.69) is 5.32 Å². The molecule has 1 N–H and O–H groups in total. The highest BCUT2D eigenvalue weighted by atomic mass is 16.6. The second-order valence-electron chi connectivity index (χ2n) is 9.02. The van der Waals surface area contributed by atoms with Crippen LogP contribution in [-0.2, 0) is 16.1 Å². The molecule has 10 heteroatoms. The Labute approximate surface area is 217 Å². The molecule has 2 amide bonds. The molecule has 2 aromatic carbocycles. The van der Waals surface area contributed by atoms with Gasteiger partial charge in [0.2, 0.25) is 11.7 Å². The molecule has 0 saturated heterocycles. The van der Waals surface area contributed by atoms with Crippen molar-refractivity contribution in [2.45, 2.75) is 64.1 Å². The minimum atomic E-state index is -0.685. The molecule has 3 rings (SSSR count). The number of carbonyl (C=O) groups is 2. The molecule has 0 aliphatic heterocycles. The van der Waals surface area contributed by atoms with Gasteiger partial charge < -0.3 is 24.4 Å². The number of rotatable bonds is 12. The van der Waals surface area contributed by atoms with Crippen LogP contribution >= 0.6 is 0 Å². The fraction of sp³-hybridized carbons (Fsp3) is 0.481. The lowest BCUT2D eigenvalue weighted by atomic mass is 9.95. The van der Waals surface area contributed by atoms with Crippen LogP contribution in [0.15, 0.2) is 42.5 Å². The van der Waals surface area contributed by atoms with Crippen molar-refractivity contribution in [3.8, 4) is 17.2 Å². The number of hydrogen-bond acceptors (Lipinski definition) is 7. The summed E-state index contributed by atoms with van der Waals surface area (Å²) in [4.78, 5) is 38.9. The van der Waals surface area contributed by atoms with E-state index in [0.717, 1.165) is 31.2 Å². The lowest BCUT2D eigenvalue weighted by Gasteiger charge is -2.32. The maximum Gasteiger partial charge on any atom is 0.311 e. The molecule has 0 bridgehead atoms. The Bertz CT molecular complexity index is 1090. The number of nitro groups is 1. The van der Waals surface area contributed by atoms with Gasteiger partial charge in [-0.05, 0) is 43.0 Å². The standard InChI is InChI=1S/C27H35N3O7/c1-4-23(27(32)28-20-10-6-5-7-11-20)29(17-19-9-8-12-21(15-19)35-2)26(31)18-37-22-13-14-24(30(33)34)25(16-22)36-3/h8-9,12-16,20,23H,4-7,10-11,17-18H2,1-3H3,(H,28,32)/t23-/m0/s1. The average molecular weight is 514 g/mol. The topological polar surface area (TPSA) is 120 Å². The maximum atomic E-state index is 13.5. The Morgan fingerprint density at radius 1 is 1.08 bits per heavy atom. The number of carbonyl (C=O) groups excluding carboxylic acids is 2. The number of nitro benzene ring substituents is 1. The molecule has 2 aromatic rings. The van der Waals surface area contributed by atoms with E-state index in [9.17, 15) is 19.7 Å². The summed E-state index contributed by atoms with van der Waals surface area (Å²) >= 11 is 0. The molecule has 0 aromatic heterocycles. The van der Waals surface area contributed by atoms with Crippen molar-refractivity contribution >= 4 is 17.5 Å². The van der Waals surface area contributed by atoms with Crippen molar-refractivity contribution in [2.24, 2.45) is 0 Å². The van der Waals surface area contributed by atoms with Crippen LogP contribution in [0.25, 0.3) is 0 Å². The molecule has 0 radical (unpaired) electrons. The molecule has 1 atom stereocenters. The third kappa shape index (κ3) is 7.58. The molecular weight excluding hydrogens is 478 g/mol. The van der Waals surface area contributed by atoms with Gasteiger partial charge in [0.05, 0.1) is 19.1 Å². The first kappa shape index (κ1) is 27.8. The summed E-state index contributed by atoms with van der Waals surface area (Å²) in [5.74, 6) is 0.366. The van der Waals surface area contributed by atoms with Gasteiger partial charge in [0.1, 0.15) is 17.5 Å². The largest absolute Gasteiger partial charge is 0.497 e. The van der Waals surface area contributed by atoms with Crippen LogP contribution in [0.5, 0.6) is 17.2 Å². The van der Waals surface area contributed by atoms with Crippen molar-refractivity contribution in [3.63, 3.8) is 0 Å². The Morgan fingerprint density at radius 2 is 1.84 bits per heavy atom. The van der Waals surface area contributed by atoms with Gasteiger partial charge in [-0.15, -0.1) is 0 Å². The Kier molecular flexibility index (Phi) is 10.1. The molecule has 1 fully saturated rings. The first-order valence-corrected chi connectivity index (χ1v) is 12.5. The van der Waals surface area contributed by atoms with E-state index in [1.54, 1.807) is 7.11 Å². The predicted molar refractivity (Wildman–Crippen MR) is 138 cm³/mol. The molecule has 1 aliphatic rings. The van der Waals surface area contributed by atoms with Crippen LogP contribution in [0.1, 0.15) is 51.0 Å². The minimum absolute atomic E-state index is 0.0291. The number of nitrogens with zero attached hydrogens (tertiary/aromatic N) is 2. The monoisotopic (exact) mass is 513 g/mol. The summed E-state index contributed by atoms with van der Waals surface area (Å²) in [6.45, 7) is 1.72. The zero-order valence-electron chi connectivity index (χ0n) is 21.6. The molecular formula is C27H35N3O7. The second kappa shape index (κ2) is 13.5. The summed E-state index contributed by atoms with van der Waals surface area (Å²) in [5, 5.41) is 14.3. The number of ether oxygens (including phenoxy) is 3. The zero-order chi connectivity index (χ0) is 26.8. The van der Waals surface area contributed by atoms with E-state index in [1.807, 2.05) is 31.2 Å². The van der Waals surface area contributed by atoms with E-state index in [4.69, 9.17) is 14.2 Å². The smallest absolute Gasteiger partial charge is 0.311 e.